The second-order valence-electron chi connectivity index (χ2n) is 2.29. The van der Waals surface area contributed by atoms with Gasteiger partial charge in [-0.15, -0.1) is 5.10 Å². The zero-order valence-corrected chi connectivity index (χ0v) is 6.73. The van der Waals surface area contributed by atoms with Crippen molar-refractivity contribution in [3.8, 4) is 0 Å². The minimum absolute atomic E-state index is 0.265. The van der Waals surface area contributed by atoms with Crippen LogP contribution in [0.4, 0.5) is 0 Å². The highest BCUT2D eigenvalue weighted by molar-refractivity contribution is 7.78. The highest BCUT2D eigenvalue weighted by atomic mass is 32.1. The van der Waals surface area contributed by atoms with Gasteiger partial charge in [-0.3, -0.25) is 5.01 Å². The Labute approximate surface area is 65.7 Å². The number of morpholine rings is 1. The Hall–Kier alpha value is -0.440. The quantitative estimate of drug-likeness (QED) is 0.415. The largest absolute Gasteiger partial charge is 0.375 e. The average Bonchev–Trinajstić information content (AvgIpc) is 1.88. The maximum absolute atomic E-state index is 5.29. The van der Waals surface area contributed by atoms with Crippen molar-refractivity contribution < 1.29 is 4.74 Å². The fourth-order valence-corrected chi connectivity index (χ4v) is 1.06. The van der Waals surface area contributed by atoms with E-state index in [1.165, 1.54) is 0 Å². The summed E-state index contributed by atoms with van der Waals surface area (Å²) in [4.78, 5) is 0. The van der Waals surface area contributed by atoms with Crippen LogP contribution in [0.1, 0.15) is 6.92 Å². The molecule has 1 rings (SSSR count). The van der Waals surface area contributed by atoms with E-state index in [2.05, 4.69) is 22.5 Å². The van der Waals surface area contributed by atoms with E-state index in [1.54, 1.807) is 0 Å². The molecule has 0 aromatic carbocycles. The standard InChI is InChI=1S/C6H10N2OS/c1-6-4-8(7-5-10)2-3-9-6/h6H,2-4H2,1H3. The first-order valence-corrected chi connectivity index (χ1v) is 3.68. The SMILES string of the molecule is CC1CN(N=C=S)CCO1. The van der Waals surface area contributed by atoms with Crippen LogP contribution >= 0.6 is 12.2 Å². The predicted molar refractivity (Wildman–Crippen MR) is 42.0 cm³/mol. The maximum Gasteiger partial charge on any atom is 0.0846 e. The lowest BCUT2D eigenvalue weighted by Crippen LogP contribution is -2.37. The molecule has 10 heavy (non-hydrogen) atoms. The summed E-state index contributed by atoms with van der Waals surface area (Å²) in [6, 6.07) is 0. The van der Waals surface area contributed by atoms with Gasteiger partial charge in [0.25, 0.3) is 0 Å². The van der Waals surface area contributed by atoms with E-state index in [0.29, 0.717) is 0 Å². The smallest absolute Gasteiger partial charge is 0.0846 e. The van der Waals surface area contributed by atoms with Crippen LogP contribution in [-0.2, 0) is 4.74 Å². The van der Waals surface area contributed by atoms with Crippen molar-refractivity contribution in [2.45, 2.75) is 13.0 Å². The van der Waals surface area contributed by atoms with Crippen molar-refractivity contribution in [3.63, 3.8) is 0 Å². The van der Waals surface area contributed by atoms with E-state index in [4.69, 9.17) is 4.74 Å². The van der Waals surface area contributed by atoms with Crippen molar-refractivity contribution in [2.75, 3.05) is 19.7 Å². The monoisotopic (exact) mass is 158 g/mol. The Kier molecular flexibility index (Phi) is 2.81. The number of ether oxygens (including phenoxy) is 1. The number of hydrogen-bond acceptors (Lipinski definition) is 4. The first kappa shape index (κ1) is 7.66. The van der Waals surface area contributed by atoms with E-state index in [-0.39, 0.29) is 6.10 Å². The molecule has 0 spiro atoms. The van der Waals surface area contributed by atoms with E-state index in [0.717, 1.165) is 19.7 Å². The molecule has 56 valence electrons. The molecule has 0 aromatic rings. The van der Waals surface area contributed by atoms with Gasteiger partial charge in [-0.25, -0.2) is 0 Å². The van der Waals surface area contributed by atoms with Crippen LogP contribution in [0.2, 0.25) is 0 Å². The summed E-state index contributed by atoms with van der Waals surface area (Å²) < 4.78 is 5.29. The molecule has 1 fully saturated rings. The third-order valence-corrected chi connectivity index (χ3v) is 1.48. The lowest BCUT2D eigenvalue weighted by Gasteiger charge is -2.27. The number of rotatable bonds is 1. The fraction of sp³-hybridized carbons (Fsp3) is 0.833. The summed E-state index contributed by atoms with van der Waals surface area (Å²) >= 11 is 4.47. The molecule has 1 atom stereocenters. The maximum atomic E-state index is 5.29. The first-order chi connectivity index (χ1) is 4.83. The molecule has 1 heterocycles. The van der Waals surface area contributed by atoms with Crippen LogP contribution in [0.15, 0.2) is 5.10 Å². The van der Waals surface area contributed by atoms with Crippen LogP contribution in [0.25, 0.3) is 0 Å². The van der Waals surface area contributed by atoms with E-state index in [1.807, 2.05) is 11.9 Å². The molecule has 0 saturated carbocycles. The predicted octanol–water partition coefficient (Wildman–Crippen LogP) is 0.725. The van der Waals surface area contributed by atoms with Crippen LogP contribution in [-0.4, -0.2) is 36.0 Å². The second kappa shape index (κ2) is 3.66. The van der Waals surface area contributed by atoms with Crippen LogP contribution < -0.4 is 0 Å². The second-order valence-corrected chi connectivity index (χ2v) is 2.47. The topological polar surface area (TPSA) is 24.8 Å². The summed E-state index contributed by atoms with van der Waals surface area (Å²) in [5.41, 5.74) is 0. The van der Waals surface area contributed by atoms with Gasteiger partial charge in [0.1, 0.15) is 0 Å². The Bertz CT molecular complexity index is 156. The Morgan fingerprint density at radius 3 is 3.20 bits per heavy atom. The zero-order valence-electron chi connectivity index (χ0n) is 5.91. The number of hydrogen-bond donors (Lipinski definition) is 0. The van der Waals surface area contributed by atoms with Gasteiger partial charge in [-0.2, -0.15) is 0 Å². The van der Waals surface area contributed by atoms with E-state index < -0.39 is 0 Å². The Morgan fingerprint density at radius 2 is 2.60 bits per heavy atom. The van der Waals surface area contributed by atoms with Crippen molar-refractivity contribution in [1.29, 1.82) is 0 Å². The lowest BCUT2D eigenvalue weighted by atomic mass is 10.3. The van der Waals surface area contributed by atoms with Crippen molar-refractivity contribution in [2.24, 2.45) is 5.10 Å². The molecule has 1 aliphatic rings. The number of nitrogens with zero attached hydrogens (tertiary/aromatic N) is 2. The van der Waals surface area contributed by atoms with Gasteiger partial charge in [-0.05, 0) is 19.1 Å². The number of hydrazone groups is 1. The Balaban J connectivity index is 2.39. The van der Waals surface area contributed by atoms with Crippen molar-refractivity contribution >= 4 is 17.4 Å². The van der Waals surface area contributed by atoms with E-state index >= 15 is 0 Å². The minimum Gasteiger partial charge on any atom is -0.375 e. The fourth-order valence-electron chi connectivity index (χ4n) is 0.949. The molecule has 1 unspecified atom stereocenters. The normalized spacial score (nSPS) is 25.7. The zero-order chi connectivity index (χ0) is 7.40. The van der Waals surface area contributed by atoms with Gasteiger partial charge in [-0.1, -0.05) is 0 Å². The Morgan fingerprint density at radius 1 is 1.80 bits per heavy atom. The van der Waals surface area contributed by atoms with Gasteiger partial charge in [0, 0.05) is 0 Å². The highest BCUT2D eigenvalue weighted by Gasteiger charge is 2.13. The molecule has 4 heteroatoms. The average molecular weight is 158 g/mol. The summed E-state index contributed by atoms with van der Waals surface area (Å²) in [6.45, 7) is 4.41. The minimum atomic E-state index is 0.265. The van der Waals surface area contributed by atoms with Crippen LogP contribution in [0, 0.1) is 0 Å². The highest BCUT2D eigenvalue weighted by Crippen LogP contribution is 2.02. The summed E-state index contributed by atoms with van der Waals surface area (Å²) in [7, 11) is 0. The van der Waals surface area contributed by atoms with E-state index in [9.17, 15) is 0 Å². The third kappa shape index (κ3) is 2.06. The van der Waals surface area contributed by atoms with Gasteiger partial charge in [0.2, 0.25) is 0 Å². The molecule has 0 bridgehead atoms. The molecule has 1 aliphatic heterocycles. The molecule has 0 N–H and O–H groups in total. The molecule has 0 aliphatic carbocycles. The van der Waals surface area contributed by atoms with Crippen LogP contribution in [0.5, 0.6) is 0 Å². The number of thiocarbonyl (C=S) groups is 1. The molecular weight excluding hydrogens is 148 g/mol. The molecule has 0 aromatic heterocycles. The molecular formula is C6H10N2OS. The summed E-state index contributed by atoms with van der Waals surface area (Å²) in [5, 5.41) is 8.07. The molecule has 0 radical (unpaired) electrons. The number of isothiocyanates is 1. The molecule has 0 amide bonds. The van der Waals surface area contributed by atoms with Crippen LogP contribution in [0.3, 0.4) is 0 Å². The molecule has 3 nitrogen and oxygen atoms in total. The van der Waals surface area contributed by atoms with Gasteiger partial charge < -0.3 is 4.74 Å². The van der Waals surface area contributed by atoms with Crippen molar-refractivity contribution in [1.82, 2.24) is 5.01 Å². The third-order valence-electron chi connectivity index (χ3n) is 1.40. The van der Waals surface area contributed by atoms with Gasteiger partial charge >= 0.3 is 0 Å². The first-order valence-electron chi connectivity index (χ1n) is 3.27. The van der Waals surface area contributed by atoms with Gasteiger partial charge in [0.05, 0.1) is 31.0 Å². The molecule has 1 saturated heterocycles. The summed E-state index contributed by atoms with van der Waals surface area (Å²) in [5.74, 6) is 0. The summed E-state index contributed by atoms with van der Waals surface area (Å²) in [6.07, 6.45) is 0.265. The van der Waals surface area contributed by atoms with Crippen molar-refractivity contribution in [3.05, 3.63) is 0 Å². The lowest BCUT2D eigenvalue weighted by molar-refractivity contribution is -0.0169. The van der Waals surface area contributed by atoms with Gasteiger partial charge in [0.15, 0.2) is 0 Å².